The first-order valence-electron chi connectivity index (χ1n) is 6.77. The molecule has 0 aliphatic carbocycles. The summed E-state index contributed by atoms with van der Waals surface area (Å²) in [6, 6.07) is 15.9. The van der Waals surface area contributed by atoms with Crippen LogP contribution < -0.4 is 10.6 Å². The number of phenols is 1. The van der Waals surface area contributed by atoms with Crippen molar-refractivity contribution in [2.45, 2.75) is 6.54 Å². The zero-order chi connectivity index (χ0) is 16.7. The van der Waals surface area contributed by atoms with Crippen LogP contribution in [0.1, 0.15) is 5.56 Å². The monoisotopic (exact) mass is 371 g/mol. The largest absolute Gasteiger partial charge is 0.506 e. The van der Waals surface area contributed by atoms with Crippen LogP contribution in [-0.2, 0) is 11.3 Å². The molecule has 1 amide bonds. The quantitative estimate of drug-likeness (QED) is 0.427. The molecule has 0 heterocycles. The molecule has 0 saturated carbocycles. The summed E-state index contributed by atoms with van der Waals surface area (Å²) in [6.07, 6.45) is 1.36. The number of amides is 1. The maximum absolute atomic E-state index is 12.0. The lowest BCUT2D eigenvalue weighted by Gasteiger charge is -2.07. The van der Waals surface area contributed by atoms with Crippen molar-refractivity contribution in [3.05, 3.63) is 70.3 Å². The molecule has 0 radical (unpaired) electrons. The Morgan fingerprint density at radius 2 is 2.04 bits per heavy atom. The Kier molecular flexibility index (Phi) is 5.78. The number of hydrogen-bond donors (Lipinski definition) is 3. The van der Waals surface area contributed by atoms with Gasteiger partial charge in [0.05, 0.1) is 5.69 Å². The summed E-state index contributed by atoms with van der Waals surface area (Å²) < 4.78 is 0.957. The molecule has 3 N–H and O–H groups in total. The predicted molar refractivity (Wildman–Crippen MR) is 91.4 cm³/mol. The van der Waals surface area contributed by atoms with Crippen LogP contribution >= 0.6 is 15.9 Å². The molecule has 0 spiro atoms. The number of anilines is 1. The number of phenolic OH excluding ortho intramolecular Hbond substituents is 1. The number of nitrogens with zero attached hydrogens (tertiary/aromatic N) is 1. The number of benzene rings is 2. The summed E-state index contributed by atoms with van der Waals surface area (Å²) in [6.45, 7) is 0.481. The molecule has 23 heavy (non-hydrogen) atoms. The number of carbonyl (C=O) groups is 1. The minimum Gasteiger partial charge on any atom is -0.506 e. The van der Waals surface area contributed by atoms with E-state index >= 15 is 0 Å². The number of carbonyl (C=O) groups excluding carboxylic acids is 1. The van der Waals surface area contributed by atoms with E-state index in [0.717, 1.165) is 10.0 Å². The van der Waals surface area contributed by atoms with E-state index in [4.69, 9.17) is 5.26 Å². The third kappa shape index (κ3) is 4.87. The van der Waals surface area contributed by atoms with Crippen LogP contribution in [0.15, 0.2) is 64.8 Å². The van der Waals surface area contributed by atoms with E-state index in [9.17, 15) is 9.90 Å². The SMILES string of the molecule is N#C/C(=C/NCc1cccc(Br)c1)C(=O)Nc1ccccc1O. The van der Waals surface area contributed by atoms with Gasteiger partial charge in [0.15, 0.2) is 0 Å². The third-order valence-corrected chi connectivity index (χ3v) is 3.45. The lowest BCUT2D eigenvalue weighted by molar-refractivity contribution is -0.112. The summed E-state index contributed by atoms with van der Waals surface area (Å²) in [7, 11) is 0. The van der Waals surface area contributed by atoms with Crippen LogP contribution in [0.25, 0.3) is 0 Å². The van der Waals surface area contributed by atoms with Gasteiger partial charge in [-0.1, -0.05) is 40.2 Å². The number of para-hydroxylation sites is 2. The molecule has 0 aliphatic heterocycles. The average molecular weight is 372 g/mol. The Morgan fingerprint density at radius 1 is 1.26 bits per heavy atom. The van der Waals surface area contributed by atoms with Gasteiger partial charge in [-0.05, 0) is 29.8 Å². The van der Waals surface area contributed by atoms with Crippen molar-refractivity contribution in [3.8, 4) is 11.8 Å². The highest BCUT2D eigenvalue weighted by Gasteiger charge is 2.11. The molecule has 0 aromatic heterocycles. The first kappa shape index (κ1) is 16.6. The fourth-order valence-electron chi connectivity index (χ4n) is 1.84. The number of halogens is 1. The van der Waals surface area contributed by atoms with Crippen molar-refractivity contribution in [1.82, 2.24) is 5.32 Å². The van der Waals surface area contributed by atoms with Gasteiger partial charge < -0.3 is 15.7 Å². The van der Waals surface area contributed by atoms with Gasteiger partial charge in [0.2, 0.25) is 0 Å². The maximum atomic E-state index is 12.0. The van der Waals surface area contributed by atoms with Gasteiger partial charge >= 0.3 is 0 Å². The van der Waals surface area contributed by atoms with Gasteiger partial charge in [-0.25, -0.2) is 0 Å². The Hall–Kier alpha value is -2.78. The predicted octanol–water partition coefficient (Wildman–Crippen LogP) is 3.29. The van der Waals surface area contributed by atoms with E-state index in [1.807, 2.05) is 30.3 Å². The summed E-state index contributed by atoms with van der Waals surface area (Å²) in [4.78, 5) is 12.0. The lowest BCUT2D eigenvalue weighted by Crippen LogP contribution is -2.16. The van der Waals surface area contributed by atoms with Crippen LogP contribution in [0.5, 0.6) is 5.75 Å². The molecule has 0 aliphatic rings. The highest BCUT2D eigenvalue weighted by Crippen LogP contribution is 2.21. The fraction of sp³-hybridized carbons (Fsp3) is 0.0588. The van der Waals surface area contributed by atoms with Gasteiger partial charge in [0.1, 0.15) is 17.4 Å². The smallest absolute Gasteiger partial charge is 0.267 e. The topological polar surface area (TPSA) is 85.2 Å². The summed E-state index contributed by atoms with van der Waals surface area (Å²) in [5.41, 5.74) is 1.18. The number of nitriles is 1. The summed E-state index contributed by atoms with van der Waals surface area (Å²) in [5, 5.41) is 24.1. The molecule has 0 saturated heterocycles. The van der Waals surface area contributed by atoms with Crippen LogP contribution in [-0.4, -0.2) is 11.0 Å². The Labute approximate surface area is 142 Å². The second-order valence-corrected chi connectivity index (χ2v) is 5.57. The Balaban J connectivity index is 2.00. The van der Waals surface area contributed by atoms with E-state index < -0.39 is 5.91 Å². The van der Waals surface area contributed by atoms with Crippen molar-refractivity contribution >= 4 is 27.5 Å². The molecule has 2 aromatic rings. The highest BCUT2D eigenvalue weighted by atomic mass is 79.9. The zero-order valence-corrected chi connectivity index (χ0v) is 13.7. The number of hydrogen-bond acceptors (Lipinski definition) is 4. The molecular formula is C17H14BrN3O2. The molecule has 6 heteroatoms. The molecule has 5 nitrogen and oxygen atoms in total. The third-order valence-electron chi connectivity index (χ3n) is 2.96. The van der Waals surface area contributed by atoms with Crippen LogP contribution in [0.2, 0.25) is 0 Å². The van der Waals surface area contributed by atoms with Crippen molar-refractivity contribution in [3.63, 3.8) is 0 Å². The Bertz CT molecular complexity index is 781. The average Bonchev–Trinajstić information content (AvgIpc) is 2.54. The second-order valence-electron chi connectivity index (χ2n) is 4.65. The van der Waals surface area contributed by atoms with Gasteiger partial charge in [0, 0.05) is 17.2 Å². The summed E-state index contributed by atoms with van der Waals surface area (Å²) >= 11 is 3.38. The second kappa shape index (κ2) is 8.01. The molecule has 0 unspecified atom stereocenters. The molecule has 2 aromatic carbocycles. The van der Waals surface area contributed by atoms with Crippen LogP contribution in [0.3, 0.4) is 0 Å². The van der Waals surface area contributed by atoms with E-state index in [-0.39, 0.29) is 17.0 Å². The normalized spacial score (nSPS) is 10.7. The van der Waals surface area contributed by atoms with Gasteiger partial charge in [-0.15, -0.1) is 0 Å². The van der Waals surface area contributed by atoms with E-state index in [1.165, 1.54) is 12.3 Å². The van der Waals surface area contributed by atoms with Crippen LogP contribution in [0, 0.1) is 11.3 Å². The van der Waals surface area contributed by atoms with Gasteiger partial charge in [-0.2, -0.15) is 5.26 Å². The van der Waals surface area contributed by atoms with E-state index in [1.54, 1.807) is 18.2 Å². The molecule has 2 rings (SSSR count). The van der Waals surface area contributed by atoms with E-state index in [0.29, 0.717) is 6.54 Å². The highest BCUT2D eigenvalue weighted by molar-refractivity contribution is 9.10. The first-order valence-corrected chi connectivity index (χ1v) is 7.57. The van der Waals surface area contributed by atoms with E-state index in [2.05, 4.69) is 26.6 Å². The van der Waals surface area contributed by atoms with Crippen molar-refractivity contribution in [1.29, 1.82) is 5.26 Å². The molecule has 0 bridgehead atoms. The molecular weight excluding hydrogens is 358 g/mol. The number of rotatable bonds is 5. The number of nitrogens with one attached hydrogen (secondary N) is 2. The van der Waals surface area contributed by atoms with Crippen molar-refractivity contribution in [2.24, 2.45) is 0 Å². The zero-order valence-electron chi connectivity index (χ0n) is 12.1. The van der Waals surface area contributed by atoms with Crippen molar-refractivity contribution < 1.29 is 9.90 Å². The molecule has 0 atom stereocenters. The fourth-order valence-corrected chi connectivity index (χ4v) is 2.28. The number of aromatic hydroxyl groups is 1. The minimum atomic E-state index is -0.587. The lowest BCUT2D eigenvalue weighted by atomic mass is 10.2. The first-order chi connectivity index (χ1) is 11.1. The standard InChI is InChI=1S/C17H14BrN3O2/c18-14-5-3-4-12(8-14)10-20-11-13(9-19)17(23)21-15-6-1-2-7-16(15)22/h1-8,11,20,22H,10H2,(H,21,23)/b13-11-. The maximum Gasteiger partial charge on any atom is 0.267 e. The van der Waals surface area contributed by atoms with Crippen molar-refractivity contribution in [2.75, 3.05) is 5.32 Å². The minimum absolute atomic E-state index is 0.0553. The van der Waals surface area contributed by atoms with Gasteiger partial charge in [0.25, 0.3) is 5.91 Å². The van der Waals surface area contributed by atoms with Gasteiger partial charge in [-0.3, -0.25) is 4.79 Å². The molecule has 0 fully saturated rings. The summed E-state index contributed by atoms with van der Waals surface area (Å²) in [5.74, 6) is -0.643. The Morgan fingerprint density at radius 3 is 2.74 bits per heavy atom. The molecule has 116 valence electrons. The van der Waals surface area contributed by atoms with Crippen LogP contribution in [0.4, 0.5) is 5.69 Å².